The van der Waals surface area contributed by atoms with Crippen molar-refractivity contribution in [3.8, 4) is 5.75 Å². The minimum absolute atomic E-state index is 0.227. The van der Waals surface area contributed by atoms with Crippen LogP contribution in [0.4, 0.5) is 4.39 Å². The second kappa shape index (κ2) is 10.3. The Morgan fingerprint density at radius 2 is 1.88 bits per heavy atom. The maximum absolute atomic E-state index is 14.1. The molecule has 2 aromatic rings. The summed E-state index contributed by atoms with van der Waals surface area (Å²) in [4.78, 5) is 2.35. The first-order valence-corrected chi connectivity index (χ1v) is 14.3. The molecule has 7 heteroatoms. The number of likely N-dealkylation sites (tertiary alicyclic amines) is 1. The number of hydrogen-bond acceptors (Lipinski definition) is 4. The predicted molar refractivity (Wildman–Crippen MR) is 133 cm³/mol. The number of halogens is 1. The smallest absolute Gasteiger partial charge is 0.211 e. The highest BCUT2D eigenvalue weighted by Gasteiger charge is 2.37. The summed E-state index contributed by atoms with van der Waals surface area (Å²) in [6.07, 6.45) is 4.87. The van der Waals surface area contributed by atoms with Crippen LogP contribution in [-0.4, -0.2) is 57.5 Å². The molecule has 34 heavy (non-hydrogen) atoms. The monoisotopic (exact) mass is 486 g/mol. The fourth-order valence-electron chi connectivity index (χ4n) is 5.56. The summed E-state index contributed by atoms with van der Waals surface area (Å²) in [6.45, 7) is 1.92. The van der Waals surface area contributed by atoms with Crippen molar-refractivity contribution in [2.24, 2.45) is 5.92 Å². The third-order valence-corrected chi connectivity index (χ3v) is 9.02. The molecule has 2 aliphatic carbocycles. The van der Waals surface area contributed by atoms with Gasteiger partial charge in [-0.1, -0.05) is 36.4 Å². The lowest BCUT2D eigenvalue weighted by atomic mass is 9.75. The quantitative estimate of drug-likeness (QED) is 0.514. The largest absolute Gasteiger partial charge is 0.492 e. The zero-order valence-corrected chi connectivity index (χ0v) is 20.5. The molecular weight excluding hydrogens is 451 g/mol. The van der Waals surface area contributed by atoms with Crippen LogP contribution >= 0.6 is 0 Å². The van der Waals surface area contributed by atoms with Crippen LogP contribution in [0.5, 0.6) is 5.75 Å². The van der Waals surface area contributed by atoms with Crippen molar-refractivity contribution < 1.29 is 17.5 Å². The molecule has 0 radical (unpaired) electrons. The summed E-state index contributed by atoms with van der Waals surface area (Å²) in [5.74, 6) is 1.60. The van der Waals surface area contributed by atoms with E-state index in [2.05, 4.69) is 46.0 Å². The van der Waals surface area contributed by atoms with Crippen molar-refractivity contribution in [3.05, 3.63) is 65.2 Å². The van der Waals surface area contributed by atoms with Crippen LogP contribution in [0.3, 0.4) is 0 Å². The summed E-state index contributed by atoms with van der Waals surface area (Å²) in [7, 11) is -3.22. The summed E-state index contributed by atoms with van der Waals surface area (Å²) in [6, 6.07) is 17.1. The maximum Gasteiger partial charge on any atom is 0.211 e. The van der Waals surface area contributed by atoms with Gasteiger partial charge >= 0.3 is 0 Å². The number of hydrogen-bond donors (Lipinski definition) is 1. The molecule has 184 valence electrons. The first-order valence-electron chi connectivity index (χ1n) is 12.6. The summed E-state index contributed by atoms with van der Waals surface area (Å²) >= 11 is 0. The number of aryl methyl sites for hydroxylation is 1. The Hall–Kier alpha value is -1.96. The lowest BCUT2D eigenvalue weighted by molar-refractivity contribution is 0.174. The Morgan fingerprint density at radius 1 is 1.06 bits per heavy atom. The van der Waals surface area contributed by atoms with Crippen molar-refractivity contribution in [1.29, 1.82) is 0 Å². The van der Waals surface area contributed by atoms with Gasteiger partial charge in [-0.15, -0.1) is 0 Å². The van der Waals surface area contributed by atoms with E-state index in [1.54, 1.807) is 0 Å². The van der Waals surface area contributed by atoms with Crippen LogP contribution < -0.4 is 9.46 Å². The Labute approximate surface area is 202 Å². The zero-order chi connectivity index (χ0) is 23.5. The van der Waals surface area contributed by atoms with Gasteiger partial charge in [0.25, 0.3) is 0 Å². The van der Waals surface area contributed by atoms with E-state index in [9.17, 15) is 12.8 Å². The summed E-state index contributed by atoms with van der Waals surface area (Å²) < 4.78 is 46.9. The first kappa shape index (κ1) is 23.8. The van der Waals surface area contributed by atoms with E-state index in [0.29, 0.717) is 31.5 Å². The SMILES string of the molecule is O=S(=O)(CC1CC1)NCCOc1ccc2c(c1)C(Cc1ccccc1)C(N1CCC(F)C1)CC2. The zero-order valence-electron chi connectivity index (χ0n) is 19.7. The molecule has 3 atom stereocenters. The Morgan fingerprint density at radius 3 is 2.62 bits per heavy atom. The van der Waals surface area contributed by atoms with Crippen molar-refractivity contribution in [3.63, 3.8) is 0 Å². The molecule has 0 amide bonds. The molecule has 1 saturated heterocycles. The van der Waals surface area contributed by atoms with Gasteiger partial charge in [-0.2, -0.15) is 0 Å². The molecule has 1 saturated carbocycles. The number of benzene rings is 2. The van der Waals surface area contributed by atoms with Crippen LogP contribution in [0, 0.1) is 5.92 Å². The van der Waals surface area contributed by atoms with Crippen molar-refractivity contribution >= 4 is 10.0 Å². The minimum Gasteiger partial charge on any atom is -0.492 e. The molecule has 3 unspecified atom stereocenters. The lowest BCUT2D eigenvalue weighted by Gasteiger charge is -2.39. The third kappa shape index (κ3) is 5.99. The van der Waals surface area contributed by atoms with Crippen molar-refractivity contribution in [1.82, 2.24) is 9.62 Å². The number of alkyl halides is 1. The van der Waals surface area contributed by atoms with Crippen LogP contribution in [0.15, 0.2) is 48.5 Å². The van der Waals surface area contributed by atoms with Gasteiger partial charge in [0, 0.05) is 31.6 Å². The average Bonchev–Trinajstić information content (AvgIpc) is 3.53. The van der Waals surface area contributed by atoms with E-state index in [1.165, 1.54) is 16.7 Å². The number of nitrogens with one attached hydrogen (secondary N) is 1. The highest BCUT2D eigenvalue weighted by Crippen LogP contribution is 2.40. The number of ether oxygens (including phenoxy) is 1. The molecule has 2 fully saturated rings. The average molecular weight is 487 g/mol. The molecule has 0 spiro atoms. The van der Waals surface area contributed by atoms with Gasteiger partial charge in [0.05, 0.1) is 5.75 Å². The minimum atomic E-state index is -3.22. The van der Waals surface area contributed by atoms with Crippen LogP contribution in [0.1, 0.15) is 48.3 Å². The van der Waals surface area contributed by atoms with Gasteiger partial charge in [0.15, 0.2) is 0 Å². The molecule has 0 aromatic heterocycles. The van der Waals surface area contributed by atoms with Gasteiger partial charge in [0.1, 0.15) is 18.5 Å². The second-order valence-electron chi connectivity index (χ2n) is 10.1. The molecule has 1 aliphatic heterocycles. The second-order valence-corrected chi connectivity index (χ2v) is 12.0. The summed E-state index contributed by atoms with van der Waals surface area (Å²) in [5.41, 5.74) is 3.91. The third-order valence-electron chi connectivity index (χ3n) is 7.47. The van der Waals surface area contributed by atoms with E-state index in [0.717, 1.165) is 44.4 Å². The fourth-order valence-corrected chi connectivity index (χ4v) is 7.03. The van der Waals surface area contributed by atoms with E-state index in [4.69, 9.17) is 4.74 Å². The van der Waals surface area contributed by atoms with Crippen molar-refractivity contribution in [2.45, 2.75) is 56.7 Å². The van der Waals surface area contributed by atoms with Crippen molar-refractivity contribution in [2.75, 3.05) is 32.0 Å². The Kier molecular flexibility index (Phi) is 7.23. The maximum atomic E-state index is 14.1. The Balaban J connectivity index is 1.29. The molecule has 1 heterocycles. The van der Waals surface area contributed by atoms with E-state index in [1.807, 2.05) is 12.1 Å². The Bertz CT molecular complexity index is 1070. The molecule has 0 bridgehead atoms. The summed E-state index contributed by atoms with van der Waals surface area (Å²) in [5, 5.41) is 0. The number of sulfonamides is 1. The molecule has 5 nitrogen and oxygen atoms in total. The van der Waals surface area contributed by atoms with Gasteiger partial charge in [-0.05, 0) is 73.3 Å². The normalized spacial score (nSPS) is 25.3. The molecule has 3 aliphatic rings. The predicted octanol–water partition coefficient (Wildman–Crippen LogP) is 4.08. The van der Waals surface area contributed by atoms with Gasteiger partial charge in [0.2, 0.25) is 10.0 Å². The standard InChI is InChI=1S/C27H35FN2O3S/c28-23-12-14-30(18-23)27-11-9-22-8-10-24(33-15-13-29-34(31,32)19-21-6-7-21)17-25(22)26(27)16-20-4-2-1-3-5-20/h1-5,8,10,17,21,23,26-27,29H,6-7,9,11-16,18-19H2. The van der Waals surface area contributed by atoms with Crippen LogP contribution in [0.2, 0.25) is 0 Å². The number of nitrogens with zero attached hydrogens (tertiary/aromatic N) is 1. The molecule has 1 N–H and O–H groups in total. The fraction of sp³-hybridized carbons (Fsp3) is 0.556. The highest BCUT2D eigenvalue weighted by molar-refractivity contribution is 7.89. The van der Waals surface area contributed by atoms with E-state index in [-0.39, 0.29) is 18.2 Å². The topological polar surface area (TPSA) is 58.6 Å². The molecule has 5 rings (SSSR count). The first-order chi connectivity index (χ1) is 16.5. The number of rotatable bonds is 10. The van der Waals surface area contributed by atoms with E-state index >= 15 is 0 Å². The van der Waals surface area contributed by atoms with Gasteiger partial charge in [-0.3, -0.25) is 4.90 Å². The van der Waals surface area contributed by atoms with Gasteiger partial charge < -0.3 is 4.74 Å². The number of fused-ring (bicyclic) bond motifs is 1. The highest BCUT2D eigenvalue weighted by atomic mass is 32.2. The van der Waals surface area contributed by atoms with E-state index < -0.39 is 16.2 Å². The lowest BCUT2D eigenvalue weighted by Crippen LogP contribution is -2.42. The molecule has 2 aromatic carbocycles. The van der Waals surface area contributed by atoms with Crippen LogP contribution in [0.25, 0.3) is 0 Å². The van der Waals surface area contributed by atoms with Crippen LogP contribution in [-0.2, 0) is 22.9 Å². The van der Waals surface area contributed by atoms with Gasteiger partial charge in [-0.25, -0.2) is 17.5 Å². The molecular formula is C27H35FN2O3S.